The zero-order valence-electron chi connectivity index (χ0n) is 14.2. The van der Waals surface area contributed by atoms with Crippen LogP contribution in [-0.2, 0) is 11.3 Å². The first-order chi connectivity index (χ1) is 11.5. The van der Waals surface area contributed by atoms with E-state index in [4.69, 9.17) is 0 Å². The van der Waals surface area contributed by atoms with E-state index in [1.54, 1.807) is 23.3 Å². The van der Waals surface area contributed by atoms with Gasteiger partial charge in [-0.15, -0.1) is 0 Å². The summed E-state index contributed by atoms with van der Waals surface area (Å²) in [6, 6.07) is 16.3. The van der Waals surface area contributed by atoms with Crippen LogP contribution in [-0.4, -0.2) is 36.4 Å². The zero-order chi connectivity index (χ0) is 17.1. The molecule has 0 aliphatic rings. The Morgan fingerprint density at radius 3 is 2.50 bits per heavy atom. The number of amides is 1. The van der Waals surface area contributed by atoms with Crippen molar-refractivity contribution in [3.8, 4) is 0 Å². The average molecular weight is 339 g/mol. The Morgan fingerprint density at radius 1 is 1.08 bits per heavy atom. The van der Waals surface area contributed by atoms with Gasteiger partial charge >= 0.3 is 0 Å². The molecule has 0 atom stereocenters. The number of rotatable bonds is 5. The van der Waals surface area contributed by atoms with Crippen LogP contribution in [0.4, 0.5) is 5.13 Å². The number of para-hydroxylation sites is 1. The molecule has 1 aromatic heterocycles. The Morgan fingerprint density at radius 2 is 1.79 bits per heavy atom. The van der Waals surface area contributed by atoms with E-state index >= 15 is 0 Å². The van der Waals surface area contributed by atoms with Crippen molar-refractivity contribution in [3.63, 3.8) is 0 Å². The molecular weight excluding hydrogens is 318 g/mol. The molecule has 0 radical (unpaired) electrons. The Balaban J connectivity index is 1.63. The molecule has 2 aromatic carbocycles. The topological polar surface area (TPSA) is 36.4 Å². The van der Waals surface area contributed by atoms with Gasteiger partial charge in [-0.2, -0.15) is 0 Å². The largest absolute Gasteiger partial charge is 0.293 e. The summed E-state index contributed by atoms with van der Waals surface area (Å²) >= 11 is 1.54. The molecule has 3 aromatic rings. The maximum Gasteiger partial charge on any atom is 0.242 e. The van der Waals surface area contributed by atoms with Gasteiger partial charge < -0.3 is 0 Å². The van der Waals surface area contributed by atoms with Gasteiger partial charge in [0.15, 0.2) is 5.13 Å². The first-order valence-electron chi connectivity index (χ1n) is 7.89. The lowest BCUT2D eigenvalue weighted by atomic mass is 10.1. The predicted molar refractivity (Wildman–Crippen MR) is 101 cm³/mol. The highest BCUT2D eigenvalue weighted by Gasteiger charge is 2.17. The lowest BCUT2D eigenvalue weighted by Gasteiger charge is -2.20. The van der Waals surface area contributed by atoms with E-state index in [0.29, 0.717) is 6.54 Å². The minimum atomic E-state index is 0.0451. The smallest absolute Gasteiger partial charge is 0.242 e. The fourth-order valence-corrected chi connectivity index (χ4v) is 3.45. The molecule has 0 aliphatic carbocycles. The third-order valence-corrected chi connectivity index (χ3v) is 5.03. The second-order valence-corrected chi connectivity index (χ2v) is 7.08. The quantitative estimate of drug-likeness (QED) is 0.711. The number of nitrogens with zero attached hydrogens (tertiary/aromatic N) is 3. The van der Waals surface area contributed by atoms with Crippen LogP contribution in [0.5, 0.6) is 0 Å². The number of thiazole rings is 1. The number of anilines is 1. The third kappa shape index (κ3) is 3.80. The lowest BCUT2D eigenvalue weighted by Crippen LogP contribution is -2.36. The van der Waals surface area contributed by atoms with E-state index in [-0.39, 0.29) is 5.91 Å². The highest BCUT2D eigenvalue weighted by molar-refractivity contribution is 7.22. The summed E-state index contributed by atoms with van der Waals surface area (Å²) in [7, 11) is 3.75. The van der Waals surface area contributed by atoms with Crippen molar-refractivity contribution in [1.29, 1.82) is 0 Å². The fourth-order valence-electron chi connectivity index (χ4n) is 2.51. The molecule has 4 nitrogen and oxygen atoms in total. The van der Waals surface area contributed by atoms with E-state index in [1.807, 2.05) is 36.2 Å². The van der Waals surface area contributed by atoms with Gasteiger partial charge in [0.05, 0.1) is 16.8 Å². The van der Waals surface area contributed by atoms with Crippen LogP contribution in [0.1, 0.15) is 11.1 Å². The maximum atomic E-state index is 12.5. The second-order valence-electron chi connectivity index (χ2n) is 6.07. The van der Waals surface area contributed by atoms with Crippen LogP contribution in [0.25, 0.3) is 10.2 Å². The van der Waals surface area contributed by atoms with E-state index in [9.17, 15) is 4.79 Å². The van der Waals surface area contributed by atoms with Crippen LogP contribution >= 0.6 is 11.3 Å². The van der Waals surface area contributed by atoms with Crippen molar-refractivity contribution in [1.82, 2.24) is 9.88 Å². The first-order valence-corrected chi connectivity index (χ1v) is 8.71. The number of hydrogen-bond acceptors (Lipinski definition) is 4. The highest BCUT2D eigenvalue weighted by atomic mass is 32.1. The maximum absolute atomic E-state index is 12.5. The van der Waals surface area contributed by atoms with Crippen molar-refractivity contribution in [3.05, 3.63) is 59.7 Å². The Kier molecular flexibility index (Phi) is 4.92. The van der Waals surface area contributed by atoms with E-state index < -0.39 is 0 Å². The Bertz CT molecular complexity index is 808. The van der Waals surface area contributed by atoms with Crippen LogP contribution in [0.2, 0.25) is 0 Å². The van der Waals surface area contributed by atoms with Gasteiger partial charge in [-0.25, -0.2) is 4.98 Å². The van der Waals surface area contributed by atoms with Gasteiger partial charge in [0.1, 0.15) is 0 Å². The molecule has 0 fully saturated rings. The molecule has 0 bridgehead atoms. The van der Waals surface area contributed by atoms with Crippen LogP contribution in [0, 0.1) is 6.92 Å². The number of aromatic nitrogens is 1. The van der Waals surface area contributed by atoms with Crippen LogP contribution in [0.3, 0.4) is 0 Å². The third-order valence-electron chi connectivity index (χ3n) is 3.92. The van der Waals surface area contributed by atoms with Crippen molar-refractivity contribution >= 4 is 32.6 Å². The summed E-state index contributed by atoms with van der Waals surface area (Å²) in [5.41, 5.74) is 3.39. The number of aryl methyl sites for hydroxylation is 1. The number of likely N-dealkylation sites (N-methyl/N-ethyl adjacent to an activating group) is 2. The fraction of sp³-hybridized carbons (Fsp3) is 0.263. The molecular formula is C19H21N3OS. The summed E-state index contributed by atoms with van der Waals surface area (Å²) in [6.07, 6.45) is 0. The number of fused-ring (bicyclic) bond motifs is 1. The molecule has 0 unspecified atom stereocenters. The molecule has 1 heterocycles. The SMILES string of the molecule is Cc1ccc(CN(C)CC(=O)N(C)c2nc3ccccc3s2)cc1. The number of carbonyl (C=O) groups is 1. The number of carbonyl (C=O) groups excluding carboxylic acids is 1. The highest BCUT2D eigenvalue weighted by Crippen LogP contribution is 2.27. The summed E-state index contributed by atoms with van der Waals surface area (Å²) in [5, 5.41) is 0.741. The normalized spacial score (nSPS) is 11.2. The molecule has 24 heavy (non-hydrogen) atoms. The molecule has 0 aliphatic heterocycles. The molecule has 124 valence electrons. The summed E-state index contributed by atoms with van der Waals surface area (Å²) in [4.78, 5) is 20.7. The van der Waals surface area contributed by atoms with Crippen molar-refractivity contribution in [2.24, 2.45) is 0 Å². The number of hydrogen-bond donors (Lipinski definition) is 0. The summed E-state index contributed by atoms with van der Waals surface area (Å²) in [6.45, 7) is 3.18. The van der Waals surface area contributed by atoms with Crippen molar-refractivity contribution in [2.75, 3.05) is 25.5 Å². The molecule has 0 N–H and O–H groups in total. The van der Waals surface area contributed by atoms with Crippen molar-refractivity contribution < 1.29 is 4.79 Å². The average Bonchev–Trinajstić information content (AvgIpc) is 3.00. The molecule has 1 amide bonds. The van der Waals surface area contributed by atoms with E-state index in [2.05, 4.69) is 36.2 Å². The Labute approximate surface area is 146 Å². The van der Waals surface area contributed by atoms with Gasteiger partial charge in [-0.1, -0.05) is 53.3 Å². The summed E-state index contributed by atoms with van der Waals surface area (Å²) in [5.74, 6) is 0.0451. The van der Waals surface area contributed by atoms with Crippen LogP contribution in [0.15, 0.2) is 48.5 Å². The summed E-state index contributed by atoms with van der Waals surface area (Å²) < 4.78 is 1.10. The van der Waals surface area contributed by atoms with E-state index in [1.165, 1.54) is 11.1 Å². The molecule has 3 rings (SSSR count). The van der Waals surface area contributed by atoms with Crippen molar-refractivity contribution in [2.45, 2.75) is 13.5 Å². The van der Waals surface area contributed by atoms with Gasteiger partial charge in [0.2, 0.25) is 5.91 Å². The van der Waals surface area contributed by atoms with Gasteiger partial charge in [-0.3, -0.25) is 14.6 Å². The predicted octanol–water partition coefficient (Wildman–Crippen LogP) is 3.70. The first kappa shape index (κ1) is 16.6. The zero-order valence-corrected chi connectivity index (χ0v) is 15.0. The minimum Gasteiger partial charge on any atom is -0.293 e. The van der Waals surface area contributed by atoms with Crippen LogP contribution < -0.4 is 4.90 Å². The lowest BCUT2D eigenvalue weighted by molar-refractivity contribution is -0.119. The second kappa shape index (κ2) is 7.11. The standard InChI is InChI=1S/C19H21N3OS/c1-14-8-10-15(11-9-14)12-21(2)13-18(23)22(3)19-20-16-6-4-5-7-17(16)24-19/h4-11H,12-13H2,1-3H3. The monoisotopic (exact) mass is 339 g/mol. The number of benzene rings is 2. The van der Waals surface area contributed by atoms with Gasteiger partial charge in [0, 0.05) is 13.6 Å². The van der Waals surface area contributed by atoms with E-state index in [0.717, 1.165) is 21.9 Å². The van der Waals surface area contributed by atoms with Gasteiger partial charge in [0.25, 0.3) is 0 Å². The van der Waals surface area contributed by atoms with Gasteiger partial charge in [-0.05, 0) is 31.7 Å². The molecule has 0 saturated carbocycles. The molecule has 5 heteroatoms. The molecule has 0 spiro atoms. The Hall–Kier alpha value is -2.24. The minimum absolute atomic E-state index is 0.0451. The molecule has 0 saturated heterocycles.